The van der Waals surface area contributed by atoms with E-state index in [1.165, 1.54) is 0 Å². The van der Waals surface area contributed by atoms with Crippen LogP contribution in [0.5, 0.6) is 0 Å². The van der Waals surface area contributed by atoms with E-state index < -0.39 is 24.0 Å². The predicted octanol–water partition coefficient (Wildman–Crippen LogP) is 0.0386. The molecule has 0 radical (unpaired) electrons. The Kier molecular flexibility index (Phi) is 4.73. The van der Waals surface area contributed by atoms with Gasteiger partial charge in [0.2, 0.25) is 5.91 Å². The van der Waals surface area contributed by atoms with Crippen molar-refractivity contribution in [3.63, 3.8) is 0 Å². The number of carboxylic acids is 1. The number of amides is 1. The Morgan fingerprint density at radius 2 is 2.38 bits per heavy atom. The van der Waals surface area contributed by atoms with Crippen LogP contribution in [0.25, 0.3) is 0 Å². The van der Waals surface area contributed by atoms with Crippen LogP contribution in [0.3, 0.4) is 0 Å². The summed E-state index contributed by atoms with van der Waals surface area (Å²) >= 11 is 0. The van der Waals surface area contributed by atoms with Crippen LogP contribution in [0.2, 0.25) is 0 Å². The van der Waals surface area contributed by atoms with Gasteiger partial charge in [-0.2, -0.15) is 5.26 Å². The summed E-state index contributed by atoms with van der Waals surface area (Å²) in [6.07, 6.45) is 1.11. The molecule has 0 unspecified atom stereocenters. The highest BCUT2D eigenvalue weighted by atomic mass is 16.5. The Bertz CT molecular complexity index is 304. The molecule has 0 aromatic carbocycles. The maximum absolute atomic E-state index is 11.5. The lowest BCUT2D eigenvalue weighted by atomic mass is 10.1. The minimum Gasteiger partial charge on any atom is -0.480 e. The molecule has 0 bridgehead atoms. The summed E-state index contributed by atoms with van der Waals surface area (Å²) in [6.45, 7) is 0.536. The lowest BCUT2D eigenvalue weighted by Crippen LogP contribution is -2.45. The lowest BCUT2D eigenvalue weighted by Gasteiger charge is -2.15. The van der Waals surface area contributed by atoms with Crippen molar-refractivity contribution >= 4 is 11.9 Å². The number of hydrogen-bond donors (Lipinski definition) is 2. The van der Waals surface area contributed by atoms with Crippen molar-refractivity contribution in [3.8, 4) is 6.07 Å². The Hall–Kier alpha value is -1.61. The van der Waals surface area contributed by atoms with Gasteiger partial charge in [-0.3, -0.25) is 4.79 Å². The van der Waals surface area contributed by atoms with Gasteiger partial charge >= 0.3 is 5.97 Å². The topological polar surface area (TPSA) is 99.4 Å². The van der Waals surface area contributed by atoms with E-state index in [0.29, 0.717) is 13.0 Å². The molecule has 1 amide bonds. The molecule has 1 fully saturated rings. The fourth-order valence-electron chi connectivity index (χ4n) is 1.52. The van der Waals surface area contributed by atoms with Crippen LogP contribution in [0.1, 0.15) is 25.7 Å². The maximum atomic E-state index is 11.5. The zero-order chi connectivity index (χ0) is 12.0. The Morgan fingerprint density at radius 1 is 1.62 bits per heavy atom. The zero-order valence-electron chi connectivity index (χ0n) is 8.81. The SMILES string of the molecule is N#CCC[C@H](NC(=O)[C@H]1CCCO1)C(=O)O. The molecule has 6 nitrogen and oxygen atoms in total. The summed E-state index contributed by atoms with van der Waals surface area (Å²) in [5, 5.41) is 19.6. The van der Waals surface area contributed by atoms with E-state index in [-0.39, 0.29) is 12.8 Å². The average molecular weight is 226 g/mol. The number of nitrogens with zero attached hydrogens (tertiary/aromatic N) is 1. The van der Waals surface area contributed by atoms with E-state index in [2.05, 4.69) is 5.32 Å². The van der Waals surface area contributed by atoms with Crippen LogP contribution < -0.4 is 5.32 Å². The molecule has 0 aromatic rings. The Balaban J connectivity index is 2.44. The molecule has 0 spiro atoms. The van der Waals surface area contributed by atoms with E-state index >= 15 is 0 Å². The van der Waals surface area contributed by atoms with Gasteiger partial charge in [-0.05, 0) is 19.3 Å². The molecular formula is C10H14N2O4. The minimum atomic E-state index is -1.12. The van der Waals surface area contributed by atoms with Crippen LogP contribution in [0, 0.1) is 11.3 Å². The summed E-state index contributed by atoms with van der Waals surface area (Å²) in [5.41, 5.74) is 0. The largest absolute Gasteiger partial charge is 0.480 e. The van der Waals surface area contributed by atoms with Crippen LogP contribution in [0.15, 0.2) is 0 Å². The first-order valence-electron chi connectivity index (χ1n) is 5.17. The third-order valence-electron chi connectivity index (χ3n) is 2.38. The number of carbonyl (C=O) groups excluding carboxylic acids is 1. The molecule has 1 aliphatic rings. The van der Waals surface area contributed by atoms with Crippen molar-refractivity contribution in [2.24, 2.45) is 0 Å². The van der Waals surface area contributed by atoms with Crippen molar-refractivity contribution < 1.29 is 19.4 Å². The monoisotopic (exact) mass is 226 g/mol. The molecule has 1 saturated heterocycles. The standard InChI is InChI=1S/C10H14N2O4/c11-5-1-3-7(10(14)15)12-9(13)8-4-2-6-16-8/h7-8H,1-4,6H2,(H,12,13)(H,14,15)/t7-,8+/m0/s1. The van der Waals surface area contributed by atoms with E-state index in [1.54, 1.807) is 0 Å². The molecule has 16 heavy (non-hydrogen) atoms. The quantitative estimate of drug-likeness (QED) is 0.689. The van der Waals surface area contributed by atoms with E-state index in [0.717, 1.165) is 6.42 Å². The fourth-order valence-corrected chi connectivity index (χ4v) is 1.52. The fraction of sp³-hybridized carbons (Fsp3) is 0.700. The number of rotatable bonds is 5. The van der Waals surface area contributed by atoms with Crippen molar-refractivity contribution in [2.75, 3.05) is 6.61 Å². The second-order valence-corrected chi connectivity index (χ2v) is 3.60. The van der Waals surface area contributed by atoms with Crippen molar-refractivity contribution in [3.05, 3.63) is 0 Å². The van der Waals surface area contributed by atoms with Crippen molar-refractivity contribution in [1.29, 1.82) is 5.26 Å². The minimum absolute atomic E-state index is 0.1000. The molecule has 0 aromatic heterocycles. The van der Waals surface area contributed by atoms with Gasteiger partial charge in [0.15, 0.2) is 0 Å². The molecule has 1 heterocycles. The summed E-state index contributed by atoms with van der Waals surface area (Å²) in [5.74, 6) is -1.52. The molecule has 2 atom stereocenters. The number of ether oxygens (including phenoxy) is 1. The third-order valence-corrected chi connectivity index (χ3v) is 2.38. The molecule has 88 valence electrons. The van der Waals surface area contributed by atoms with Crippen LogP contribution >= 0.6 is 0 Å². The van der Waals surface area contributed by atoms with E-state index in [4.69, 9.17) is 15.1 Å². The third kappa shape index (κ3) is 3.51. The first kappa shape index (κ1) is 12.5. The van der Waals surface area contributed by atoms with Crippen LogP contribution in [0.4, 0.5) is 0 Å². The number of nitrogens with one attached hydrogen (secondary N) is 1. The van der Waals surface area contributed by atoms with E-state index in [1.807, 2.05) is 6.07 Å². The highest BCUT2D eigenvalue weighted by Gasteiger charge is 2.27. The van der Waals surface area contributed by atoms with Gasteiger partial charge in [0.1, 0.15) is 12.1 Å². The zero-order valence-corrected chi connectivity index (χ0v) is 8.81. The van der Waals surface area contributed by atoms with Gasteiger partial charge in [0.05, 0.1) is 6.07 Å². The normalized spacial score (nSPS) is 21.1. The van der Waals surface area contributed by atoms with Gasteiger partial charge < -0.3 is 15.2 Å². The van der Waals surface area contributed by atoms with Gasteiger partial charge in [-0.25, -0.2) is 4.79 Å². The van der Waals surface area contributed by atoms with Gasteiger partial charge in [0.25, 0.3) is 0 Å². The number of hydrogen-bond acceptors (Lipinski definition) is 4. The molecule has 0 saturated carbocycles. The van der Waals surface area contributed by atoms with Gasteiger partial charge in [0, 0.05) is 13.0 Å². The highest BCUT2D eigenvalue weighted by Crippen LogP contribution is 2.12. The smallest absolute Gasteiger partial charge is 0.326 e. The predicted molar refractivity (Wildman–Crippen MR) is 53.4 cm³/mol. The average Bonchev–Trinajstić information content (AvgIpc) is 2.76. The van der Waals surface area contributed by atoms with Crippen molar-refractivity contribution in [1.82, 2.24) is 5.32 Å². The van der Waals surface area contributed by atoms with Crippen LogP contribution in [-0.4, -0.2) is 35.7 Å². The lowest BCUT2D eigenvalue weighted by molar-refractivity contribution is -0.143. The number of carbonyl (C=O) groups is 2. The second kappa shape index (κ2) is 6.08. The first-order valence-corrected chi connectivity index (χ1v) is 5.17. The molecule has 2 N–H and O–H groups in total. The van der Waals surface area contributed by atoms with E-state index in [9.17, 15) is 9.59 Å². The number of aliphatic carboxylic acids is 1. The summed E-state index contributed by atoms with van der Waals surface area (Å²) in [6, 6.07) is 0.847. The first-order chi connectivity index (χ1) is 7.65. The molecule has 1 rings (SSSR count). The Morgan fingerprint density at radius 3 is 2.88 bits per heavy atom. The Labute approximate surface area is 93.2 Å². The van der Waals surface area contributed by atoms with Crippen LogP contribution in [-0.2, 0) is 14.3 Å². The molecular weight excluding hydrogens is 212 g/mol. The molecule has 6 heteroatoms. The molecule has 1 aliphatic heterocycles. The summed E-state index contributed by atoms with van der Waals surface area (Å²) in [7, 11) is 0. The summed E-state index contributed by atoms with van der Waals surface area (Å²) < 4.78 is 5.13. The van der Waals surface area contributed by atoms with Gasteiger partial charge in [-0.15, -0.1) is 0 Å². The molecule has 0 aliphatic carbocycles. The maximum Gasteiger partial charge on any atom is 0.326 e. The highest BCUT2D eigenvalue weighted by molar-refractivity contribution is 5.86. The number of nitriles is 1. The second-order valence-electron chi connectivity index (χ2n) is 3.60. The summed E-state index contributed by atoms with van der Waals surface area (Å²) in [4.78, 5) is 22.3. The van der Waals surface area contributed by atoms with Gasteiger partial charge in [-0.1, -0.05) is 0 Å². The van der Waals surface area contributed by atoms with Crippen molar-refractivity contribution in [2.45, 2.75) is 37.8 Å². The number of carboxylic acid groups (broad SMARTS) is 1.